The van der Waals surface area contributed by atoms with Crippen molar-refractivity contribution < 1.29 is 4.43 Å². The maximum absolute atomic E-state index is 7.01. The fraction of sp³-hybridized carbons (Fsp3) is 0.478. The Morgan fingerprint density at radius 1 is 0.846 bits per heavy atom. The lowest BCUT2D eigenvalue weighted by Gasteiger charge is -2.43. The van der Waals surface area contributed by atoms with Gasteiger partial charge in [0, 0.05) is 11.0 Å². The molecule has 2 aromatic rings. The molecule has 0 amide bonds. The molecule has 0 unspecified atom stereocenters. The molecule has 0 fully saturated rings. The van der Waals surface area contributed by atoms with E-state index in [9.17, 15) is 0 Å². The highest BCUT2D eigenvalue weighted by Gasteiger charge is 2.50. The third-order valence-corrected chi connectivity index (χ3v) is 11.6. The van der Waals surface area contributed by atoms with Crippen LogP contribution in [0, 0.1) is 11.8 Å². The van der Waals surface area contributed by atoms with Crippen LogP contribution in [0.1, 0.15) is 41.0 Å². The Hall–Kier alpha value is -0.653. The van der Waals surface area contributed by atoms with E-state index in [2.05, 4.69) is 118 Å². The molecule has 0 aromatic heterocycles. The molecule has 0 bridgehead atoms. The van der Waals surface area contributed by atoms with Gasteiger partial charge in [0.2, 0.25) is 0 Å². The summed E-state index contributed by atoms with van der Waals surface area (Å²) in [7, 11) is -2.38. The van der Waals surface area contributed by atoms with Gasteiger partial charge in [-0.25, -0.2) is 0 Å². The molecule has 0 aliphatic heterocycles. The van der Waals surface area contributed by atoms with Crippen LogP contribution >= 0.6 is 22.6 Å². The van der Waals surface area contributed by atoms with Crippen molar-refractivity contribution in [3.63, 3.8) is 0 Å². The zero-order chi connectivity index (χ0) is 19.2. The Labute approximate surface area is 174 Å². The molecule has 0 heterocycles. The second-order valence-corrected chi connectivity index (χ2v) is 13.8. The molecular formula is C23H33IOSi. The van der Waals surface area contributed by atoms with Crippen molar-refractivity contribution in [1.29, 1.82) is 0 Å². The normalized spacial score (nSPS) is 14.8. The molecule has 2 aromatic carbocycles. The minimum Gasteiger partial charge on any atom is -0.407 e. The number of alkyl halides is 1. The third kappa shape index (κ3) is 4.99. The van der Waals surface area contributed by atoms with Gasteiger partial charge in [0.1, 0.15) is 0 Å². The quantitative estimate of drug-likeness (QED) is 0.269. The summed E-state index contributed by atoms with van der Waals surface area (Å²) in [6, 6.07) is 21.9. The van der Waals surface area contributed by atoms with Crippen LogP contribution in [-0.2, 0) is 4.43 Å². The fourth-order valence-electron chi connectivity index (χ4n) is 3.85. The first-order chi connectivity index (χ1) is 12.3. The standard InChI is InChI=1S/C23H33IOSi/c1-19(17-24)16-20(2)18-25-26(23(3,4)5,21-12-8-6-9-13-21)22-14-10-7-11-15-22/h6-15,19-20H,16-18H2,1-5H3/t19-,20-/m1/s1. The molecule has 3 heteroatoms. The predicted octanol–water partition coefficient (Wildman–Crippen LogP) is 5.66. The first-order valence-corrected chi connectivity index (χ1v) is 13.1. The van der Waals surface area contributed by atoms with Crippen molar-refractivity contribution in [2.24, 2.45) is 11.8 Å². The van der Waals surface area contributed by atoms with Gasteiger partial charge in [-0.2, -0.15) is 0 Å². The molecular weight excluding hydrogens is 447 g/mol. The van der Waals surface area contributed by atoms with E-state index in [4.69, 9.17) is 4.43 Å². The van der Waals surface area contributed by atoms with Gasteiger partial charge in [-0.1, -0.05) is 118 Å². The zero-order valence-electron chi connectivity index (χ0n) is 16.8. The van der Waals surface area contributed by atoms with Crippen LogP contribution in [-0.4, -0.2) is 19.4 Å². The molecule has 1 nitrogen and oxygen atoms in total. The molecule has 0 spiro atoms. The lowest BCUT2D eigenvalue weighted by atomic mass is 10.0. The van der Waals surface area contributed by atoms with Gasteiger partial charge in [-0.3, -0.25) is 0 Å². The van der Waals surface area contributed by atoms with E-state index in [0.29, 0.717) is 5.92 Å². The average Bonchev–Trinajstić information content (AvgIpc) is 2.62. The number of halogens is 1. The van der Waals surface area contributed by atoms with Gasteiger partial charge in [0.25, 0.3) is 8.32 Å². The molecule has 0 saturated carbocycles. The first kappa shape index (κ1) is 21.6. The summed E-state index contributed by atoms with van der Waals surface area (Å²) >= 11 is 2.49. The molecule has 0 aliphatic rings. The lowest BCUT2D eigenvalue weighted by Crippen LogP contribution is -2.66. The van der Waals surface area contributed by atoms with Crippen LogP contribution in [0.25, 0.3) is 0 Å². The maximum Gasteiger partial charge on any atom is 0.261 e. The monoisotopic (exact) mass is 480 g/mol. The first-order valence-electron chi connectivity index (χ1n) is 9.62. The van der Waals surface area contributed by atoms with E-state index < -0.39 is 8.32 Å². The summed E-state index contributed by atoms with van der Waals surface area (Å²) < 4.78 is 8.22. The Balaban J connectivity index is 2.44. The summed E-state index contributed by atoms with van der Waals surface area (Å²) in [4.78, 5) is 0. The maximum atomic E-state index is 7.01. The van der Waals surface area contributed by atoms with Crippen LogP contribution in [0.5, 0.6) is 0 Å². The molecule has 0 N–H and O–H groups in total. The van der Waals surface area contributed by atoms with Crippen LogP contribution in [0.2, 0.25) is 5.04 Å². The minimum atomic E-state index is -2.38. The van der Waals surface area contributed by atoms with Crippen molar-refractivity contribution in [3.05, 3.63) is 60.7 Å². The summed E-state index contributed by atoms with van der Waals surface area (Å²) in [6.07, 6.45) is 1.22. The molecule has 142 valence electrons. The lowest BCUT2D eigenvalue weighted by molar-refractivity contribution is 0.227. The number of hydrogen-bond acceptors (Lipinski definition) is 1. The van der Waals surface area contributed by atoms with Gasteiger partial charge >= 0.3 is 0 Å². The number of hydrogen-bond donors (Lipinski definition) is 0. The largest absolute Gasteiger partial charge is 0.407 e. The van der Waals surface area contributed by atoms with Crippen molar-refractivity contribution in [2.45, 2.75) is 46.1 Å². The summed E-state index contributed by atoms with van der Waals surface area (Å²) in [5.41, 5.74) is 0. The van der Waals surface area contributed by atoms with Gasteiger partial charge in [0.05, 0.1) is 0 Å². The van der Waals surface area contributed by atoms with E-state index in [1.165, 1.54) is 21.2 Å². The van der Waals surface area contributed by atoms with Crippen LogP contribution in [0.15, 0.2) is 60.7 Å². The predicted molar refractivity (Wildman–Crippen MR) is 125 cm³/mol. The molecule has 0 saturated heterocycles. The second kappa shape index (κ2) is 9.51. The molecule has 2 rings (SSSR count). The van der Waals surface area contributed by atoms with Crippen LogP contribution in [0.4, 0.5) is 0 Å². The third-order valence-electron chi connectivity index (χ3n) is 5.07. The summed E-state index contributed by atoms with van der Waals surface area (Å²) in [5.74, 6) is 1.31. The van der Waals surface area contributed by atoms with Crippen molar-refractivity contribution >= 4 is 41.3 Å². The van der Waals surface area contributed by atoms with Crippen molar-refractivity contribution in [3.8, 4) is 0 Å². The van der Waals surface area contributed by atoms with E-state index in [-0.39, 0.29) is 5.04 Å². The Morgan fingerprint density at radius 3 is 1.69 bits per heavy atom. The van der Waals surface area contributed by atoms with E-state index >= 15 is 0 Å². The van der Waals surface area contributed by atoms with E-state index in [0.717, 1.165) is 12.5 Å². The van der Waals surface area contributed by atoms with Gasteiger partial charge in [0.15, 0.2) is 0 Å². The smallest absolute Gasteiger partial charge is 0.261 e. The second-order valence-electron chi connectivity index (χ2n) is 8.57. The molecule has 2 atom stereocenters. The van der Waals surface area contributed by atoms with Gasteiger partial charge in [-0.05, 0) is 33.7 Å². The number of rotatable bonds is 8. The minimum absolute atomic E-state index is 0.0598. The highest BCUT2D eigenvalue weighted by molar-refractivity contribution is 14.1. The Kier molecular flexibility index (Phi) is 7.92. The Morgan fingerprint density at radius 2 is 1.31 bits per heavy atom. The number of benzene rings is 2. The summed E-state index contributed by atoms with van der Waals surface area (Å²) in [6.45, 7) is 12.5. The average molecular weight is 481 g/mol. The van der Waals surface area contributed by atoms with Crippen LogP contribution < -0.4 is 10.4 Å². The van der Waals surface area contributed by atoms with E-state index in [1.807, 2.05) is 0 Å². The molecule has 26 heavy (non-hydrogen) atoms. The molecule has 0 aliphatic carbocycles. The SMILES string of the molecule is C[C@@H](CI)C[C@@H](C)CO[Si](c1ccccc1)(c1ccccc1)C(C)(C)C. The topological polar surface area (TPSA) is 9.23 Å². The Bertz CT molecular complexity index is 611. The van der Waals surface area contributed by atoms with Gasteiger partial charge < -0.3 is 4.43 Å². The van der Waals surface area contributed by atoms with Gasteiger partial charge in [-0.15, -0.1) is 0 Å². The molecule has 0 radical (unpaired) electrons. The van der Waals surface area contributed by atoms with E-state index in [1.54, 1.807) is 0 Å². The summed E-state index contributed by atoms with van der Waals surface area (Å²) in [5, 5.41) is 2.80. The van der Waals surface area contributed by atoms with Crippen molar-refractivity contribution in [2.75, 3.05) is 11.0 Å². The highest BCUT2D eigenvalue weighted by Crippen LogP contribution is 2.37. The zero-order valence-corrected chi connectivity index (χ0v) is 20.0. The highest BCUT2D eigenvalue weighted by atomic mass is 127. The van der Waals surface area contributed by atoms with Crippen molar-refractivity contribution in [1.82, 2.24) is 0 Å². The van der Waals surface area contributed by atoms with Crippen LogP contribution in [0.3, 0.4) is 0 Å². The fourth-order valence-corrected chi connectivity index (χ4v) is 8.90.